The Morgan fingerprint density at radius 2 is 1.48 bits per heavy atom. The molecule has 4 aromatic rings. The third kappa shape index (κ3) is 4.47. The quantitative estimate of drug-likeness (QED) is 0.350. The summed E-state index contributed by atoms with van der Waals surface area (Å²) < 4.78 is 0. The van der Waals surface area contributed by atoms with Crippen molar-refractivity contribution in [2.45, 2.75) is 0 Å². The molecular formula is C26H20N2O. The van der Waals surface area contributed by atoms with E-state index in [1.54, 1.807) is 24.5 Å². The minimum Gasteiger partial charge on any atom is -0.322 e. The van der Waals surface area contributed by atoms with E-state index in [0.717, 1.165) is 33.2 Å². The van der Waals surface area contributed by atoms with Crippen LogP contribution in [0.1, 0.15) is 11.1 Å². The fraction of sp³-hybridized carbons (Fsp3) is 0. The molecule has 1 aromatic heterocycles. The largest absolute Gasteiger partial charge is 0.322 e. The molecule has 0 aliphatic heterocycles. The van der Waals surface area contributed by atoms with Crippen molar-refractivity contribution >= 4 is 27.9 Å². The average molecular weight is 376 g/mol. The molecule has 0 fully saturated rings. The van der Waals surface area contributed by atoms with Gasteiger partial charge in [-0.25, -0.2) is 0 Å². The molecule has 1 N–H and O–H groups in total. The van der Waals surface area contributed by atoms with E-state index in [9.17, 15) is 4.79 Å². The number of rotatable bonds is 5. The van der Waals surface area contributed by atoms with Crippen LogP contribution in [0, 0.1) is 0 Å². The van der Waals surface area contributed by atoms with Gasteiger partial charge >= 0.3 is 0 Å². The highest BCUT2D eigenvalue weighted by molar-refractivity contribution is 6.06. The van der Waals surface area contributed by atoms with Crippen molar-refractivity contribution in [3.05, 3.63) is 127 Å². The molecule has 1 heterocycles. The molecular weight excluding hydrogens is 356 g/mol. The normalized spacial score (nSPS) is 10.8. The van der Waals surface area contributed by atoms with Crippen LogP contribution in [-0.2, 0) is 4.79 Å². The van der Waals surface area contributed by atoms with E-state index in [-0.39, 0.29) is 5.91 Å². The fourth-order valence-electron chi connectivity index (χ4n) is 3.23. The summed E-state index contributed by atoms with van der Waals surface area (Å²) in [6.45, 7) is 0. The van der Waals surface area contributed by atoms with Crippen molar-refractivity contribution in [1.82, 2.24) is 4.98 Å². The van der Waals surface area contributed by atoms with Crippen LogP contribution in [0.4, 0.5) is 5.69 Å². The van der Waals surface area contributed by atoms with Gasteiger partial charge in [-0.1, -0.05) is 84.9 Å². The number of hydrogen-bond acceptors (Lipinski definition) is 2. The summed E-state index contributed by atoms with van der Waals surface area (Å²) in [4.78, 5) is 16.6. The van der Waals surface area contributed by atoms with Crippen LogP contribution in [0.3, 0.4) is 0 Å². The van der Waals surface area contributed by atoms with Crippen molar-refractivity contribution in [1.29, 1.82) is 0 Å². The van der Waals surface area contributed by atoms with Gasteiger partial charge < -0.3 is 5.32 Å². The first-order chi connectivity index (χ1) is 14.3. The maximum atomic E-state index is 12.5. The summed E-state index contributed by atoms with van der Waals surface area (Å²) in [6, 6.07) is 28.0. The van der Waals surface area contributed by atoms with E-state index in [1.165, 1.54) is 0 Å². The Balaban J connectivity index is 1.57. The molecule has 0 radical (unpaired) electrons. The predicted octanol–water partition coefficient (Wildman–Crippen LogP) is 5.86. The van der Waals surface area contributed by atoms with Crippen molar-refractivity contribution < 1.29 is 4.79 Å². The third-order valence-electron chi connectivity index (χ3n) is 4.62. The number of pyridine rings is 1. The van der Waals surface area contributed by atoms with Crippen LogP contribution < -0.4 is 5.32 Å². The number of benzene rings is 3. The molecule has 3 aromatic carbocycles. The number of amides is 1. The molecule has 0 aliphatic carbocycles. The van der Waals surface area contributed by atoms with Crippen molar-refractivity contribution in [2.75, 3.05) is 5.32 Å². The van der Waals surface area contributed by atoms with Gasteiger partial charge in [0.2, 0.25) is 5.91 Å². The summed E-state index contributed by atoms with van der Waals surface area (Å²) >= 11 is 0. The van der Waals surface area contributed by atoms with Gasteiger partial charge in [0, 0.05) is 34.9 Å². The first-order valence-corrected chi connectivity index (χ1v) is 9.44. The van der Waals surface area contributed by atoms with Crippen LogP contribution in [0.25, 0.3) is 16.3 Å². The zero-order valence-electron chi connectivity index (χ0n) is 15.8. The molecule has 0 unspecified atom stereocenters. The molecule has 3 heteroatoms. The molecule has 0 spiro atoms. The minimum atomic E-state index is -0.175. The van der Waals surface area contributed by atoms with Gasteiger partial charge in [-0.05, 0) is 28.8 Å². The summed E-state index contributed by atoms with van der Waals surface area (Å²) in [5.74, 6) is -0.175. The lowest BCUT2D eigenvalue weighted by Gasteiger charge is -2.08. The molecule has 0 atom stereocenters. The van der Waals surface area contributed by atoms with E-state index < -0.39 is 0 Å². The minimum absolute atomic E-state index is 0.175. The van der Waals surface area contributed by atoms with E-state index in [2.05, 4.69) is 34.6 Å². The number of allylic oxidation sites excluding steroid dienone is 2. The summed E-state index contributed by atoms with van der Waals surface area (Å²) in [5, 5.41) is 4.91. The van der Waals surface area contributed by atoms with Gasteiger partial charge in [0.1, 0.15) is 0 Å². The number of aromatic nitrogens is 1. The smallest absolute Gasteiger partial charge is 0.248 e. The third-order valence-corrected chi connectivity index (χ3v) is 4.62. The Bertz CT molecular complexity index is 1130. The van der Waals surface area contributed by atoms with Gasteiger partial charge in [-0.15, -0.1) is 0 Å². The first-order valence-electron chi connectivity index (χ1n) is 9.44. The maximum absolute atomic E-state index is 12.5. The van der Waals surface area contributed by atoms with E-state index in [4.69, 9.17) is 0 Å². The molecule has 0 saturated carbocycles. The molecule has 3 nitrogen and oxygen atoms in total. The van der Waals surface area contributed by atoms with Crippen LogP contribution in [-0.4, -0.2) is 10.9 Å². The van der Waals surface area contributed by atoms with E-state index >= 15 is 0 Å². The lowest BCUT2D eigenvalue weighted by atomic mass is 9.97. The Morgan fingerprint density at radius 1 is 0.793 bits per heavy atom. The Morgan fingerprint density at radius 3 is 2.17 bits per heavy atom. The number of nitrogens with one attached hydrogen (secondary N) is 1. The number of fused-ring (bicyclic) bond motifs is 1. The van der Waals surface area contributed by atoms with Gasteiger partial charge in [-0.2, -0.15) is 0 Å². The second-order valence-electron chi connectivity index (χ2n) is 6.56. The van der Waals surface area contributed by atoms with Crippen molar-refractivity contribution in [3.8, 4) is 0 Å². The Kier molecular flexibility index (Phi) is 5.58. The monoisotopic (exact) mass is 376 g/mol. The van der Waals surface area contributed by atoms with E-state index in [0.29, 0.717) is 0 Å². The second kappa shape index (κ2) is 8.81. The SMILES string of the molecule is O=C(/C=C/C=C(c1ccccc1)c1ccccc1)Nc1cccc2cnccc12. The van der Waals surface area contributed by atoms with Crippen LogP contribution >= 0.6 is 0 Å². The fourth-order valence-corrected chi connectivity index (χ4v) is 3.23. The molecule has 1 amide bonds. The second-order valence-corrected chi connectivity index (χ2v) is 6.56. The highest BCUT2D eigenvalue weighted by Gasteiger charge is 2.04. The number of carbonyl (C=O) groups excluding carboxylic acids is 1. The standard InChI is InChI=1S/C26H20N2O/c29-26(28-25-15-7-13-22-19-27-18-17-24(22)25)16-8-14-23(20-9-3-1-4-10-20)21-11-5-2-6-12-21/h1-19H,(H,28,29)/b16-8+. The predicted molar refractivity (Wildman–Crippen MR) is 119 cm³/mol. The van der Waals surface area contributed by atoms with Crippen molar-refractivity contribution in [3.63, 3.8) is 0 Å². The molecule has 0 aliphatic rings. The number of hydrogen-bond donors (Lipinski definition) is 1. The molecule has 0 saturated heterocycles. The molecule has 0 bridgehead atoms. The number of carbonyl (C=O) groups is 1. The number of nitrogens with zero attached hydrogens (tertiary/aromatic N) is 1. The molecule has 4 rings (SSSR count). The average Bonchev–Trinajstić information content (AvgIpc) is 2.78. The Labute approximate surface area is 170 Å². The van der Waals surface area contributed by atoms with Gasteiger partial charge in [0.15, 0.2) is 0 Å². The van der Waals surface area contributed by atoms with Crippen LogP contribution in [0.15, 0.2) is 116 Å². The number of anilines is 1. The first kappa shape index (κ1) is 18.4. The lowest BCUT2D eigenvalue weighted by Crippen LogP contribution is -2.08. The topological polar surface area (TPSA) is 42.0 Å². The zero-order valence-corrected chi connectivity index (χ0v) is 15.8. The van der Waals surface area contributed by atoms with Gasteiger partial charge in [0.05, 0.1) is 0 Å². The van der Waals surface area contributed by atoms with Crippen LogP contribution in [0.5, 0.6) is 0 Å². The lowest BCUT2D eigenvalue weighted by molar-refractivity contribution is -0.111. The summed E-state index contributed by atoms with van der Waals surface area (Å²) in [7, 11) is 0. The van der Waals surface area contributed by atoms with Gasteiger partial charge in [0.25, 0.3) is 0 Å². The zero-order chi connectivity index (χ0) is 19.9. The Hall–Kier alpha value is -3.98. The summed E-state index contributed by atoms with van der Waals surface area (Å²) in [6.07, 6.45) is 8.82. The van der Waals surface area contributed by atoms with Crippen molar-refractivity contribution in [2.24, 2.45) is 0 Å². The highest BCUT2D eigenvalue weighted by Crippen LogP contribution is 2.24. The highest BCUT2D eigenvalue weighted by atomic mass is 16.1. The van der Waals surface area contributed by atoms with Crippen LogP contribution in [0.2, 0.25) is 0 Å². The summed E-state index contributed by atoms with van der Waals surface area (Å²) in [5.41, 5.74) is 4.04. The van der Waals surface area contributed by atoms with E-state index in [1.807, 2.05) is 66.7 Å². The molecule has 140 valence electrons. The molecule has 29 heavy (non-hydrogen) atoms. The maximum Gasteiger partial charge on any atom is 0.248 e. The van der Waals surface area contributed by atoms with Gasteiger partial charge in [-0.3, -0.25) is 9.78 Å².